The van der Waals surface area contributed by atoms with Crippen molar-refractivity contribution in [2.24, 2.45) is 11.8 Å². The lowest BCUT2D eigenvalue weighted by Crippen LogP contribution is -2.15. The van der Waals surface area contributed by atoms with Crippen molar-refractivity contribution >= 4 is 16.5 Å². The molecule has 16 heavy (non-hydrogen) atoms. The summed E-state index contributed by atoms with van der Waals surface area (Å²) < 4.78 is 0. The number of nitrogens with zero attached hydrogens (tertiary/aromatic N) is 1. The van der Waals surface area contributed by atoms with Crippen molar-refractivity contribution in [2.75, 3.05) is 11.9 Å². The molecule has 0 atom stereocenters. The lowest BCUT2D eigenvalue weighted by molar-refractivity contribution is 0.282. The van der Waals surface area contributed by atoms with Crippen molar-refractivity contribution in [2.45, 2.75) is 46.0 Å². The van der Waals surface area contributed by atoms with Gasteiger partial charge in [-0.15, -0.1) is 11.3 Å². The van der Waals surface area contributed by atoms with Gasteiger partial charge in [0, 0.05) is 11.9 Å². The molecule has 0 spiro atoms. The van der Waals surface area contributed by atoms with Gasteiger partial charge in [-0.1, -0.05) is 32.6 Å². The molecule has 1 aromatic rings. The highest BCUT2D eigenvalue weighted by Gasteiger charge is 2.17. The van der Waals surface area contributed by atoms with Crippen LogP contribution in [0.25, 0.3) is 0 Å². The summed E-state index contributed by atoms with van der Waals surface area (Å²) in [6.45, 7) is 5.52. The Morgan fingerprint density at radius 2 is 2.12 bits per heavy atom. The van der Waals surface area contributed by atoms with E-state index in [1.165, 1.54) is 32.1 Å². The van der Waals surface area contributed by atoms with Crippen LogP contribution in [0, 0.1) is 18.8 Å². The van der Waals surface area contributed by atoms with Crippen molar-refractivity contribution in [3.8, 4) is 0 Å². The molecule has 2 nitrogen and oxygen atoms in total. The Morgan fingerprint density at radius 1 is 1.38 bits per heavy atom. The second-order valence-electron chi connectivity index (χ2n) is 5.14. The quantitative estimate of drug-likeness (QED) is 0.855. The third kappa shape index (κ3) is 3.48. The summed E-state index contributed by atoms with van der Waals surface area (Å²) in [5, 5.41) is 6.62. The molecule has 1 aliphatic rings. The summed E-state index contributed by atoms with van der Waals surface area (Å²) >= 11 is 1.71. The molecule has 1 heterocycles. The van der Waals surface area contributed by atoms with E-state index in [1.54, 1.807) is 11.3 Å². The molecule has 0 saturated heterocycles. The number of aryl methyl sites for hydroxylation is 1. The molecular formula is C13H22N2S. The molecule has 1 N–H and O–H groups in total. The molecule has 90 valence electrons. The standard InChI is InChI=1S/C13H22N2S/c1-10-3-5-12(6-4-10)7-8-14-13-15-11(2)9-16-13/h9-10,12H,3-8H2,1-2H3,(H,14,15). The van der Waals surface area contributed by atoms with Crippen LogP contribution in [0.4, 0.5) is 5.13 Å². The molecule has 0 aromatic carbocycles. The Bertz CT molecular complexity index is 313. The van der Waals surface area contributed by atoms with E-state index in [9.17, 15) is 0 Å². The van der Waals surface area contributed by atoms with Crippen LogP contribution in [-0.4, -0.2) is 11.5 Å². The fourth-order valence-corrected chi connectivity index (χ4v) is 3.15. The summed E-state index contributed by atoms with van der Waals surface area (Å²) in [5.41, 5.74) is 1.12. The molecule has 1 saturated carbocycles. The van der Waals surface area contributed by atoms with E-state index in [1.807, 2.05) is 6.92 Å². The highest BCUT2D eigenvalue weighted by Crippen LogP contribution is 2.30. The largest absolute Gasteiger partial charge is 0.362 e. The van der Waals surface area contributed by atoms with Crippen molar-refractivity contribution in [3.05, 3.63) is 11.1 Å². The topological polar surface area (TPSA) is 24.9 Å². The molecule has 1 fully saturated rings. The Kier molecular flexibility index (Phi) is 4.22. The van der Waals surface area contributed by atoms with E-state index >= 15 is 0 Å². The van der Waals surface area contributed by atoms with Crippen LogP contribution in [0.2, 0.25) is 0 Å². The third-order valence-electron chi connectivity index (χ3n) is 3.58. The van der Waals surface area contributed by atoms with Crippen molar-refractivity contribution in [3.63, 3.8) is 0 Å². The Morgan fingerprint density at radius 3 is 2.75 bits per heavy atom. The maximum absolute atomic E-state index is 4.41. The molecule has 0 aliphatic heterocycles. The van der Waals surface area contributed by atoms with Crippen molar-refractivity contribution in [1.82, 2.24) is 4.98 Å². The Balaban J connectivity index is 1.64. The Labute approximate surface area is 102 Å². The van der Waals surface area contributed by atoms with Gasteiger partial charge in [0.2, 0.25) is 0 Å². The lowest BCUT2D eigenvalue weighted by Gasteiger charge is -2.26. The van der Waals surface area contributed by atoms with Gasteiger partial charge in [-0.2, -0.15) is 0 Å². The fraction of sp³-hybridized carbons (Fsp3) is 0.769. The molecule has 1 aromatic heterocycles. The molecule has 0 radical (unpaired) electrons. The number of hydrogen-bond donors (Lipinski definition) is 1. The van der Waals surface area contributed by atoms with Gasteiger partial charge in [-0.3, -0.25) is 0 Å². The van der Waals surface area contributed by atoms with E-state index in [2.05, 4.69) is 22.6 Å². The number of thiazole rings is 1. The van der Waals surface area contributed by atoms with Gasteiger partial charge in [0.05, 0.1) is 5.69 Å². The second kappa shape index (κ2) is 5.67. The van der Waals surface area contributed by atoms with Gasteiger partial charge >= 0.3 is 0 Å². The first kappa shape index (κ1) is 11.9. The SMILES string of the molecule is Cc1csc(NCCC2CCC(C)CC2)n1. The summed E-state index contributed by atoms with van der Waals surface area (Å²) in [6, 6.07) is 0. The molecule has 1 aliphatic carbocycles. The molecule has 3 heteroatoms. The smallest absolute Gasteiger partial charge is 0.182 e. The van der Waals surface area contributed by atoms with Crippen LogP contribution in [-0.2, 0) is 0 Å². The molecule has 0 unspecified atom stereocenters. The minimum Gasteiger partial charge on any atom is -0.362 e. The van der Waals surface area contributed by atoms with Crippen LogP contribution in [0.1, 0.15) is 44.7 Å². The van der Waals surface area contributed by atoms with E-state index < -0.39 is 0 Å². The van der Waals surface area contributed by atoms with Gasteiger partial charge in [0.1, 0.15) is 0 Å². The van der Waals surface area contributed by atoms with Crippen LogP contribution in [0.3, 0.4) is 0 Å². The van der Waals surface area contributed by atoms with E-state index in [4.69, 9.17) is 0 Å². The third-order valence-corrected chi connectivity index (χ3v) is 4.50. The van der Waals surface area contributed by atoms with Gasteiger partial charge < -0.3 is 5.32 Å². The minimum atomic E-state index is 0.949. The maximum Gasteiger partial charge on any atom is 0.182 e. The monoisotopic (exact) mass is 238 g/mol. The first-order valence-electron chi connectivity index (χ1n) is 6.40. The molecule has 2 rings (SSSR count). The Hall–Kier alpha value is -0.570. The second-order valence-corrected chi connectivity index (χ2v) is 5.99. The predicted molar refractivity (Wildman–Crippen MR) is 71.1 cm³/mol. The number of nitrogens with one attached hydrogen (secondary N) is 1. The minimum absolute atomic E-state index is 0.949. The van der Waals surface area contributed by atoms with Crippen LogP contribution >= 0.6 is 11.3 Å². The first-order chi connectivity index (χ1) is 7.74. The van der Waals surface area contributed by atoms with Crippen molar-refractivity contribution < 1.29 is 0 Å². The van der Waals surface area contributed by atoms with Crippen LogP contribution in [0.5, 0.6) is 0 Å². The van der Waals surface area contributed by atoms with Gasteiger partial charge in [0.25, 0.3) is 0 Å². The van der Waals surface area contributed by atoms with Crippen LogP contribution < -0.4 is 5.32 Å². The number of rotatable bonds is 4. The predicted octanol–water partition coefficient (Wildman–Crippen LogP) is 4.08. The van der Waals surface area contributed by atoms with Gasteiger partial charge in [-0.05, 0) is 25.2 Å². The highest BCUT2D eigenvalue weighted by molar-refractivity contribution is 7.13. The molecular weight excluding hydrogens is 216 g/mol. The average Bonchev–Trinajstić information content (AvgIpc) is 2.67. The summed E-state index contributed by atoms with van der Waals surface area (Å²) in [7, 11) is 0. The van der Waals surface area contributed by atoms with E-state index in [-0.39, 0.29) is 0 Å². The number of hydrogen-bond acceptors (Lipinski definition) is 3. The maximum atomic E-state index is 4.41. The van der Waals surface area contributed by atoms with Gasteiger partial charge in [-0.25, -0.2) is 4.98 Å². The number of anilines is 1. The number of aromatic nitrogens is 1. The average molecular weight is 238 g/mol. The molecule has 0 bridgehead atoms. The summed E-state index contributed by atoms with van der Waals surface area (Å²) in [6.07, 6.45) is 7.03. The zero-order chi connectivity index (χ0) is 11.4. The lowest BCUT2D eigenvalue weighted by atomic mass is 9.81. The zero-order valence-corrected chi connectivity index (χ0v) is 11.1. The summed E-state index contributed by atoms with van der Waals surface area (Å²) in [5.74, 6) is 1.91. The zero-order valence-electron chi connectivity index (χ0n) is 10.3. The highest BCUT2D eigenvalue weighted by atomic mass is 32.1. The fourth-order valence-electron chi connectivity index (χ4n) is 2.44. The van der Waals surface area contributed by atoms with Crippen LogP contribution in [0.15, 0.2) is 5.38 Å². The van der Waals surface area contributed by atoms with E-state index in [0.29, 0.717) is 0 Å². The normalized spacial score (nSPS) is 25.6. The van der Waals surface area contributed by atoms with Gasteiger partial charge in [0.15, 0.2) is 5.13 Å². The first-order valence-corrected chi connectivity index (χ1v) is 7.28. The summed E-state index contributed by atoms with van der Waals surface area (Å²) in [4.78, 5) is 4.41. The van der Waals surface area contributed by atoms with Crippen molar-refractivity contribution in [1.29, 1.82) is 0 Å². The molecule has 0 amide bonds. The van der Waals surface area contributed by atoms with E-state index in [0.717, 1.165) is 29.2 Å².